The van der Waals surface area contributed by atoms with Gasteiger partial charge in [-0.2, -0.15) is 0 Å². The van der Waals surface area contributed by atoms with Crippen molar-refractivity contribution in [2.24, 2.45) is 10.8 Å². The fourth-order valence-corrected chi connectivity index (χ4v) is 6.33. The molecule has 2 bridgehead atoms. The summed E-state index contributed by atoms with van der Waals surface area (Å²) in [6.45, 7) is 9.98. The Balaban J connectivity index is 1.69. The number of carbonyl (C=O) groups is 1. The van der Waals surface area contributed by atoms with Crippen molar-refractivity contribution in [2.75, 3.05) is 12.3 Å². The number of fused-ring (bicyclic) bond motifs is 3. The quantitative estimate of drug-likeness (QED) is 0.837. The summed E-state index contributed by atoms with van der Waals surface area (Å²) < 4.78 is 0. The molecule has 26 heavy (non-hydrogen) atoms. The molecule has 140 valence electrons. The molecule has 2 aromatic heterocycles. The van der Waals surface area contributed by atoms with Crippen LogP contribution in [0, 0.1) is 10.8 Å². The minimum atomic E-state index is 0.101. The Labute approximate surface area is 159 Å². The first-order valence-corrected chi connectivity index (χ1v) is 10.5. The molecular formula is C21H29N3OS. The minimum absolute atomic E-state index is 0.101. The molecule has 0 radical (unpaired) electrons. The molecule has 1 saturated heterocycles. The summed E-state index contributed by atoms with van der Waals surface area (Å²) in [7, 11) is 0. The highest BCUT2D eigenvalue weighted by atomic mass is 32.1. The number of carbonyl (C=O) groups excluding carboxylic acids is 1. The number of pyridine rings is 1. The van der Waals surface area contributed by atoms with Crippen LogP contribution in [-0.2, 0) is 6.42 Å². The third kappa shape index (κ3) is 2.72. The van der Waals surface area contributed by atoms with Crippen molar-refractivity contribution in [3.63, 3.8) is 0 Å². The number of likely N-dealkylation sites (tertiary alicyclic amines) is 1. The van der Waals surface area contributed by atoms with Gasteiger partial charge in [-0.15, -0.1) is 11.3 Å². The zero-order chi connectivity index (χ0) is 18.7. The van der Waals surface area contributed by atoms with Crippen molar-refractivity contribution in [2.45, 2.75) is 65.8 Å². The Hall–Kier alpha value is -1.62. The average Bonchev–Trinajstić information content (AvgIpc) is 2.99. The molecule has 1 amide bonds. The molecule has 2 unspecified atom stereocenters. The van der Waals surface area contributed by atoms with Crippen LogP contribution in [0.1, 0.15) is 68.7 Å². The van der Waals surface area contributed by atoms with Crippen molar-refractivity contribution in [3.05, 3.63) is 22.7 Å². The summed E-state index contributed by atoms with van der Waals surface area (Å²) in [5, 5.41) is 0.922. The third-order valence-corrected chi connectivity index (χ3v) is 7.52. The van der Waals surface area contributed by atoms with E-state index < -0.39 is 0 Å². The van der Waals surface area contributed by atoms with E-state index in [0.29, 0.717) is 22.0 Å². The highest BCUT2D eigenvalue weighted by molar-refractivity contribution is 7.21. The van der Waals surface area contributed by atoms with Gasteiger partial charge in [-0.3, -0.25) is 4.79 Å². The van der Waals surface area contributed by atoms with E-state index in [4.69, 9.17) is 10.7 Å². The van der Waals surface area contributed by atoms with E-state index in [2.05, 4.69) is 32.6 Å². The van der Waals surface area contributed by atoms with Crippen LogP contribution in [0.5, 0.6) is 0 Å². The SMILES string of the molecule is CCCc1ccc2c(N)c(C(=O)N3CCC4(C)CC3C(C)(C)C4)sc2n1. The van der Waals surface area contributed by atoms with Gasteiger partial charge in [0.15, 0.2) is 0 Å². The molecule has 4 nitrogen and oxygen atoms in total. The first kappa shape index (κ1) is 17.8. The monoisotopic (exact) mass is 371 g/mol. The van der Waals surface area contributed by atoms with Crippen molar-refractivity contribution in [1.29, 1.82) is 0 Å². The number of nitrogens with zero attached hydrogens (tertiary/aromatic N) is 2. The standard InChI is InChI=1S/C21H29N3OS/c1-5-6-13-7-8-14-16(22)17(26-18(14)23-13)19(25)24-10-9-21(4)11-15(24)20(2,3)12-21/h7-8,15H,5-6,9-12,22H2,1-4H3. The number of piperidine rings is 1. The summed E-state index contributed by atoms with van der Waals surface area (Å²) in [6, 6.07) is 4.38. The molecule has 0 spiro atoms. The second kappa shape index (κ2) is 5.95. The Morgan fingerprint density at radius 2 is 2.15 bits per heavy atom. The number of amides is 1. The molecular weight excluding hydrogens is 342 g/mol. The second-order valence-electron chi connectivity index (χ2n) is 9.19. The number of aryl methyl sites for hydroxylation is 1. The van der Waals surface area contributed by atoms with Gasteiger partial charge in [0.1, 0.15) is 9.71 Å². The van der Waals surface area contributed by atoms with Crippen LogP contribution >= 0.6 is 11.3 Å². The molecule has 2 aromatic rings. The van der Waals surface area contributed by atoms with Crippen molar-refractivity contribution in [3.8, 4) is 0 Å². The summed E-state index contributed by atoms with van der Waals surface area (Å²) in [4.78, 5) is 21.8. The molecule has 0 aromatic carbocycles. The van der Waals surface area contributed by atoms with E-state index in [-0.39, 0.29) is 11.3 Å². The van der Waals surface area contributed by atoms with Crippen LogP contribution < -0.4 is 5.73 Å². The minimum Gasteiger partial charge on any atom is -0.397 e. The van der Waals surface area contributed by atoms with Gasteiger partial charge in [0.25, 0.3) is 5.91 Å². The smallest absolute Gasteiger partial charge is 0.266 e. The van der Waals surface area contributed by atoms with E-state index in [1.807, 2.05) is 12.1 Å². The van der Waals surface area contributed by atoms with Crippen molar-refractivity contribution in [1.82, 2.24) is 9.88 Å². The number of hydrogen-bond acceptors (Lipinski definition) is 4. The number of hydrogen-bond donors (Lipinski definition) is 1. The van der Waals surface area contributed by atoms with Crippen LogP contribution in [0.3, 0.4) is 0 Å². The first-order valence-electron chi connectivity index (χ1n) is 9.73. The summed E-state index contributed by atoms with van der Waals surface area (Å²) in [5.41, 5.74) is 8.61. The summed E-state index contributed by atoms with van der Waals surface area (Å²) in [5.74, 6) is 0.101. The molecule has 2 fully saturated rings. The van der Waals surface area contributed by atoms with E-state index >= 15 is 0 Å². The lowest BCUT2D eigenvalue weighted by Gasteiger charge is -2.40. The molecule has 1 saturated carbocycles. The predicted molar refractivity (Wildman–Crippen MR) is 109 cm³/mol. The highest BCUT2D eigenvalue weighted by Gasteiger charge is 2.53. The lowest BCUT2D eigenvalue weighted by atomic mass is 9.81. The number of aromatic nitrogens is 1. The number of thiophene rings is 1. The van der Waals surface area contributed by atoms with Gasteiger partial charge in [-0.25, -0.2) is 4.98 Å². The molecule has 5 heteroatoms. The Morgan fingerprint density at radius 3 is 2.88 bits per heavy atom. The van der Waals surface area contributed by atoms with Crippen LogP contribution in [0.25, 0.3) is 10.2 Å². The number of rotatable bonds is 3. The van der Waals surface area contributed by atoms with Gasteiger partial charge < -0.3 is 10.6 Å². The molecule has 2 atom stereocenters. The molecule has 2 N–H and O–H groups in total. The predicted octanol–water partition coefficient (Wildman–Crippen LogP) is 4.87. The normalized spacial score (nSPS) is 27.2. The van der Waals surface area contributed by atoms with Crippen LogP contribution in [0.2, 0.25) is 0 Å². The summed E-state index contributed by atoms with van der Waals surface area (Å²) >= 11 is 1.46. The summed E-state index contributed by atoms with van der Waals surface area (Å²) in [6.07, 6.45) is 5.41. The topological polar surface area (TPSA) is 59.2 Å². The molecule has 4 rings (SSSR count). The van der Waals surface area contributed by atoms with Gasteiger partial charge in [0.05, 0.1) is 5.69 Å². The number of nitrogens with two attached hydrogens (primary N) is 1. The lowest BCUT2D eigenvalue weighted by Crippen LogP contribution is -2.48. The van der Waals surface area contributed by atoms with E-state index in [0.717, 1.165) is 48.1 Å². The number of anilines is 1. The number of nitrogen functional groups attached to an aromatic ring is 1. The van der Waals surface area contributed by atoms with Gasteiger partial charge in [-0.1, -0.05) is 34.1 Å². The van der Waals surface area contributed by atoms with Crippen LogP contribution in [0.4, 0.5) is 5.69 Å². The molecule has 2 aliphatic rings. The molecule has 3 heterocycles. The van der Waals surface area contributed by atoms with Gasteiger partial charge in [-0.05, 0) is 48.6 Å². The lowest BCUT2D eigenvalue weighted by molar-refractivity contribution is 0.0480. The van der Waals surface area contributed by atoms with Crippen molar-refractivity contribution < 1.29 is 4.79 Å². The van der Waals surface area contributed by atoms with Gasteiger partial charge in [0.2, 0.25) is 0 Å². The second-order valence-corrected chi connectivity index (χ2v) is 10.2. The maximum absolute atomic E-state index is 13.4. The fourth-order valence-electron chi connectivity index (χ4n) is 5.26. The molecule has 1 aliphatic carbocycles. The van der Waals surface area contributed by atoms with Crippen LogP contribution in [-0.4, -0.2) is 28.4 Å². The van der Waals surface area contributed by atoms with E-state index in [1.165, 1.54) is 17.8 Å². The molecule has 1 aliphatic heterocycles. The third-order valence-electron chi connectivity index (χ3n) is 6.42. The maximum atomic E-state index is 13.4. The fraction of sp³-hybridized carbons (Fsp3) is 0.619. The van der Waals surface area contributed by atoms with Crippen LogP contribution in [0.15, 0.2) is 12.1 Å². The Bertz CT molecular complexity index is 872. The zero-order valence-corrected chi connectivity index (χ0v) is 17.1. The van der Waals surface area contributed by atoms with Gasteiger partial charge in [0, 0.05) is 23.7 Å². The first-order chi connectivity index (χ1) is 12.2. The van der Waals surface area contributed by atoms with Gasteiger partial charge >= 0.3 is 0 Å². The van der Waals surface area contributed by atoms with Crippen molar-refractivity contribution >= 4 is 33.1 Å². The average molecular weight is 372 g/mol. The largest absolute Gasteiger partial charge is 0.397 e. The Morgan fingerprint density at radius 1 is 1.38 bits per heavy atom. The maximum Gasteiger partial charge on any atom is 0.266 e. The highest BCUT2D eigenvalue weighted by Crippen LogP contribution is 2.56. The zero-order valence-electron chi connectivity index (χ0n) is 16.3. The van der Waals surface area contributed by atoms with E-state index in [1.54, 1.807) is 0 Å². The Kier molecular flexibility index (Phi) is 4.07. The van der Waals surface area contributed by atoms with E-state index in [9.17, 15) is 4.79 Å².